The molecule has 0 saturated carbocycles. The lowest BCUT2D eigenvalue weighted by Crippen LogP contribution is -2.00. The van der Waals surface area contributed by atoms with E-state index >= 15 is 0 Å². The van der Waals surface area contributed by atoms with Crippen molar-refractivity contribution >= 4 is 12.2 Å². The van der Waals surface area contributed by atoms with Crippen LogP contribution >= 0.6 is 0 Å². The highest BCUT2D eigenvalue weighted by Crippen LogP contribution is 2.28. The summed E-state index contributed by atoms with van der Waals surface area (Å²) in [4.78, 5) is 16.9. The molecular formula is C23H23NO6. The summed E-state index contributed by atoms with van der Waals surface area (Å²) in [6.07, 6.45) is 1.56. The van der Waals surface area contributed by atoms with Gasteiger partial charge < -0.3 is 23.5 Å². The Labute approximate surface area is 174 Å². The zero-order valence-corrected chi connectivity index (χ0v) is 17.1. The Morgan fingerprint density at radius 3 is 2.57 bits per heavy atom. The third-order valence-corrected chi connectivity index (χ3v) is 4.28. The van der Waals surface area contributed by atoms with Crippen LogP contribution in [0.3, 0.4) is 0 Å². The van der Waals surface area contributed by atoms with Crippen molar-refractivity contribution < 1.29 is 28.3 Å². The molecule has 3 rings (SSSR count). The molecule has 0 saturated heterocycles. The molecule has 0 spiro atoms. The van der Waals surface area contributed by atoms with Crippen molar-refractivity contribution in [3.05, 3.63) is 82.8 Å². The van der Waals surface area contributed by atoms with Gasteiger partial charge in [0.2, 0.25) is 0 Å². The molecule has 7 nitrogen and oxygen atoms in total. The fourth-order valence-corrected chi connectivity index (χ4v) is 2.75. The molecule has 0 fully saturated rings. The molecule has 0 bridgehead atoms. The number of ether oxygens (including phenoxy) is 3. The second kappa shape index (κ2) is 10.2. The van der Waals surface area contributed by atoms with Crippen LogP contribution in [0.2, 0.25) is 0 Å². The predicted octanol–water partition coefficient (Wildman–Crippen LogP) is 4.51. The van der Waals surface area contributed by atoms with E-state index in [4.69, 9.17) is 23.5 Å². The first-order valence-electron chi connectivity index (χ1n) is 9.28. The highest BCUT2D eigenvalue weighted by atomic mass is 16.6. The van der Waals surface area contributed by atoms with Crippen molar-refractivity contribution in [1.29, 1.82) is 0 Å². The maximum Gasteiger partial charge on any atom is 0.341 e. The van der Waals surface area contributed by atoms with Gasteiger partial charge in [-0.05, 0) is 36.8 Å². The molecule has 0 aliphatic rings. The van der Waals surface area contributed by atoms with E-state index in [1.165, 1.54) is 7.11 Å². The first-order valence-corrected chi connectivity index (χ1v) is 9.28. The zero-order chi connectivity index (χ0) is 21.3. The van der Waals surface area contributed by atoms with E-state index in [-0.39, 0.29) is 6.61 Å². The van der Waals surface area contributed by atoms with Crippen molar-refractivity contribution in [2.45, 2.75) is 20.1 Å². The number of furan rings is 1. The number of nitrogens with zero attached hydrogens (tertiary/aromatic N) is 1. The van der Waals surface area contributed by atoms with Crippen LogP contribution in [0, 0.1) is 6.92 Å². The Morgan fingerprint density at radius 2 is 1.83 bits per heavy atom. The van der Waals surface area contributed by atoms with Gasteiger partial charge in [-0.3, -0.25) is 0 Å². The van der Waals surface area contributed by atoms with Gasteiger partial charge in [0.05, 0.1) is 20.4 Å². The van der Waals surface area contributed by atoms with E-state index < -0.39 is 5.97 Å². The molecule has 30 heavy (non-hydrogen) atoms. The SMILES string of the molecule is COC(=O)c1cc(CON=Cc2ccc(OCc3ccccc3)c(OC)c2)oc1C. The van der Waals surface area contributed by atoms with Crippen LogP contribution in [-0.2, 0) is 22.8 Å². The number of oxime groups is 1. The molecule has 7 heteroatoms. The van der Waals surface area contributed by atoms with Crippen LogP contribution in [0.4, 0.5) is 0 Å². The monoisotopic (exact) mass is 409 g/mol. The van der Waals surface area contributed by atoms with E-state index in [2.05, 4.69) is 5.16 Å². The fourth-order valence-electron chi connectivity index (χ4n) is 2.75. The lowest BCUT2D eigenvalue weighted by molar-refractivity contribution is 0.0599. The van der Waals surface area contributed by atoms with Gasteiger partial charge in [-0.25, -0.2) is 4.79 Å². The van der Waals surface area contributed by atoms with Gasteiger partial charge in [-0.2, -0.15) is 0 Å². The normalized spacial score (nSPS) is 10.8. The molecule has 2 aromatic carbocycles. The largest absolute Gasteiger partial charge is 0.493 e. The van der Waals surface area contributed by atoms with E-state index in [0.29, 0.717) is 35.2 Å². The Hall–Kier alpha value is -3.74. The standard InChI is InChI=1S/C23H23NO6/c1-16-20(23(25)27-3)12-19(30-16)15-29-24-13-18-9-10-21(22(11-18)26-2)28-14-17-7-5-4-6-8-17/h4-13H,14-15H2,1-3H3. The number of esters is 1. The van der Waals surface area contributed by atoms with Gasteiger partial charge in [0, 0.05) is 5.56 Å². The van der Waals surface area contributed by atoms with Crippen LogP contribution in [0.25, 0.3) is 0 Å². The average molecular weight is 409 g/mol. The summed E-state index contributed by atoms with van der Waals surface area (Å²) in [6.45, 7) is 2.22. The van der Waals surface area contributed by atoms with E-state index in [0.717, 1.165) is 11.1 Å². The van der Waals surface area contributed by atoms with Crippen LogP contribution in [0.15, 0.2) is 64.2 Å². The number of hydrogen-bond acceptors (Lipinski definition) is 7. The smallest absolute Gasteiger partial charge is 0.341 e. The number of methoxy groups -OCH3 is 2. The Bertz CT molecular complexity index is 1010. The minimum absolute atomic E-state index is 0.0870. The molecule has 0 aliphatic carbocycles. The summed E-state index contributed by atoms with van der Waals surface area (Å²) in [5, 5.41) is 3.94. The maximum absolute atomic E-state index is 11.6. The summed E-state index contributed by atoms with van der Waals surface area (Å²) >= 11 is 0. The quantitative estimate of drug-likeness (QED) is 0.294. The van der Waals surface area contributed by atoms with E-state index in [1.807, 2.05) is 42.5 Å². The third-order valence-electron chi connectivity index (χ3n) is 4.28. The third kappa shape index (κ3) is 5.41. The maximum atomic E-state index is 11.6. The van der Waals surface area contributed by atoms with E-state index in [9.17, 15) is 4.79 Å². The van der Waals surface area contributed by atoms with Crippen molar-refractivity contribution in [2.24, 2.45) is 5.16 Å². The second-order valence-corrected chi connectivity index (χ2v) is 6.37. The molecule has 3 aromatic rings. The number of carbonyl (C=O) groups is 1. The first-order chi connectivity index (χ1) is 14.6. The Kier molecular flexibility index (Phi) is 7.10. The van der Waals surface area contributed by atoms with Gasteiger partial charge in [-0.1, -0.05) is 35.5 Å². The van der Waals surface area contributed by atoms with Crippen LogP contribution < -0.4 is 9.47 Å². The summed E-state index contributed by atoms with van der Waals surface area (Å²) in [7, 11) is 2.90. The van der Waals surface area contributed by atoms with Gasteiger partial charge >= 0.3 is 5.97 Å². The molecule has 0 amide bonds. The molecule has 1 aromatic heterocycles. The van der Waals surface area contributed by atoms with E-state index in [1.54, 1.807) is 32.4 Å². The van der Waals surface area contributed by atoms with Crippen LogP contribution in [0.5, 0.6) is 11.5 Å². The molecular weight excluding hydrogens is 386 g/mol. The second-order valence-electron chi connectivity index (χ2n) is 6.37. The molecule has 156 valence electrons. The van der Waals surface area contributed by atoms with Crippen LogP contribution in [-0.4, -0.2) is 26.4 Å². The average Bonchev–Trinajstić information content (AvgIpc) is 3.16. The number of benzene rings is 2. The minimum atomic E-state index is -0.451. The van der Waals surface area contributed by atoms with Crippen molar-refractivity contribution in [2.75, 3.05) is 14.2 Å². The number of rotatable bonds is 9. The van der Waals surface area contributed by atoms with Gasteiger partial charge in [0.25, 0.3) is 0 Å². The van der Waals surface area contributed by atoms with Crippen molar-refractivity contribution in [3.63, 3.8) is 0 Å². The Morgan fingerprint density at radius 1 is 1.03 bits per heavy atom. The van der Waals surface area contributed by atoms with Crippen LogP contribution in [0.1, 0.15) is 33.0 Å². The van der Waals surface area contributed by atoms with Gasteiger partial charge in [0.15, 0.2) is 18.1 Å². The molecule has 1 heterocycles. The van der Waals surface area contributed by atoms with Crippen molar-refractivity contribution in [3.8, 4) is 11.5 Å². The minimum Gasteiger partial charge on any atom is -0.493 e. The number of carbonyl (C=O) groups excluding carboxylic acids is 1. The molecule has 0 radical (unpaired) electrons. The molecule has 0 unspecified atom stereocenters. The highest BCUT2D eigenvalue weighted by molar-refractivity contribution is 5.90. The highest BCUT2D eigenvalue weighted by Gasteiger charge is 2.15. The molecule has 0 N–H and O–H groups in total. The first kappa shape index (κ1) is 21.0. The predicted molar refractivity (Wildman–Crippen MR) is 111 cm³/mol. The van der Waals surface area contributed by atoms with Gasteiger partial charge in [-0.15, -0.1) is 0 Å². The number of aryl methyl sites for hydroxylation is 1. The fraction of sp³-hybridized carbons (Fsp3) is 0.217. The summed E-state index contributed by atoms with van der Waals surface area (Å²) < 4.78 is 21.4. The zero-order valence-electron chi connectivity index (χ0n) is 17.1. The molecule has 0 atom stereocenters. The summed E-state index contributed by atoms with van der Waals surface area (Å²) in [5.41, 5.74) is 2.22. The topological polar surface area (TPSA) is 79.5 Å². The molecule has 0 aliphatic heterocycles. The van der Waals surface area contributed by atoms with Gasteiger partial charge in [0.1, 0.15) is 23.7 Å². The lowest BCUT2D eigenvalue weighted by Gasteiger charge is -2.11. The summed E-state index contributed by atoms with van der Waals surface area (Å²) in [5.74, 6) is 1.74. The lowest BCUT2D eigenvalue weighted by atomic mass is 10.2. The number of hydrogen-bond donors (Lipinski definition) is 0. The van der Waals surface area contributed by atoms with Crippen molar-refractivity contribution in [1.82, 2.24) is 0 Å². The summed E-state index contributed by atoms with van der Waals surface area (Å²) in [6, 6.07) is 17.0. The Balaban J connectivity index is 1.57.